The summed E-state index contributed by atoms with van der Waals surface area (Å²) in [7, 11) is 0. The van der Waals surface area contributed by atoms with Crippen LogP contribution in [0.15, 0.2) is 0 Å². The minimum atomic E-state index is -1.82. The SMILES string of the molecule is O=C(O)C(=O)O.[Ni]. The van der Waals surface area contributed by atoms with Crippen LogP contribution in [0.3, 0.4) is 0 Å². The first-order chi connectivity index (χ1) is 2.64. The quantitative estimate of drug-likeness (QED) is 0.347. The number of carboxylic acids is 2. The molecule has 0 heterocycles. The monoisotopic (exact) mass is 148 g/mol. The van der Waals surface area contributed by atoms with Crippen LogP contribution in [0.1, 0.15) is 0 Å². The fourth-order valence-electron chi connectivity index (χ4n) is 0. The van der Waals surface area contributed by atoms with Gasteiger partial charge >= 0.3 is 11.9 Å². The molecule has 0 aromatic rings. The van der Waals surface area contributed by atoms with Gasteiger partial charge in [-0.2, -0.15) is 0 Å². The standard InChI is InChI=1S/C2H2O4.Ni/c3-1(4)2(5)6;/h(H,3,4)(H,5,6);. The van der Waals surface area contributed by atoms with E-state index in [-0.39, 0.29) is 16.5 Å². The van der Waals surface area contributed by atoms with Crippen LogP contribution >= 0.6 is 0 Å². The first kappa shape index (κ1) is 9.66. The predicted octanol–water partition coefficient (Wildman–Crippen LogP) is -0.847. The molecular weight excluding hydrogens is 147 g/mol. The van der Waals surface area contributed by atoms with Crippen LogP contribution < -0.4 is 0 Å². The van der Waals surface area contributed by atoms with Gasteiger partial charge in [-0.3, -0.25) is 0 Å². The maximum atomic E-state index is 9.10. The zero-order valence-corrected chi connectivity index (χ0v) is 4.01. The Bertz CT molecular complexity index is 75.7. The Morgan fingerprint density at radius 2 is 1.14 bits per heavy atom. The fraction of sp³-hybridized carbons (Fsp3) is 0. The Balaban J connectivity index is 0. The average molecular weight is 149 g/mol. The topological polar surface area (TPSA) is 74.6 Å². The normalized spacial score (nSPS) is 6.29. The maximum Gasteiger partial charge on any atom is 0.414 e. The largest absolute Gasteiger partial charge is 0.473 e. The molecule has 7 heavy (non-hydrogen) atoms. The smallest absolute Gasteiger partial charge is 0.414 e. The van der Waals surface area contributed by atoms with E-state index >= 15 is 0 Å². The summed E-state index contributed by atoms with van der Waals surface area (Å²) in [6, 6.07) is 0. The summed E-state index contributed by atoms with van der Waals surface area (Å²) < 4.78 is 0. The number of aliphatic carboxylic acids is 2. The van der Waals surface area contributed by atoms with Crippen molar-refractivity contribution in [3.8, 4) is 0 Å². The van der Waals surface area contributed by atoms with E-state index in [9.17, 15) is 0 Å². The summed E-state index contributed by atoms with van der Waals surface area (Å²) in [5.41, 5.74) is 0. The van der Waals surface area contributed by atoms with Gasteiger partial charge in [0.15, 0.2) is 0 Å². The molecule has 0 aromatic heterocycles. The Morgan fingerprint density at radius 1 is 1.00 bits per heavy atom. The summed E-state index contributed by atoms with van der Waals surface area (Å²) in [5.74, 6) is -3.65. The molecule has 0 atom stereocenters. The second-order valence-electron chi connectivity index (χ2n) is 0.610. The van der Waals surface area contributed by atoms with Crippen LogP contribution in [0.25, 0.3) is 0 Å². The third-order valence-electron chi connectivity index (χ3n) is 0.183. The van der Waals surface area contributed by atoms with Crippen molar-refractivity contribution in [3.63, 3.8) is 0 Å². The van der Waals surface area contributed by atoms with Crippen LogP contribution in [0, 0.1) is 0 Å². The predicted molar refractivity (Wildman–Crippen MR) is 15.3 cm³/mol. The van der Waals surface area contributed by atoms with Crippen molar-refractivity contribution in [2.75, 3.05) is 0 Å². The summed E-state index contributed by atoms with van der Waals surface area (Å²) in [5, 5.41) is 14.8. The van der Waals surface area contributed by atoms with Gasteiger partial charge in [-0.15, -0.1) is 0 Å². The Morgan fingerprint density at radius 3 is 1.14 bits per heavy atom. The molecule has 0 unspecified atom stereocenters. The van der Waals surface area contributed by atoms with E-state index in [2.05, 4.69) is 0 Å². The molecule has 0 fully saturated rings. The molecule has 0 rings (SSSR count). The summed E-state index contributed by atoms with van der Waals surface area (Å²) in [6.07, 6.45) is 0. The van der Waals surface area contributed by atoms with Crippen molar-refractivity contribution in [2.24, 2.45) is 0 Å². The van der Waals surface area contributed by atoms with Gasteiger partial charge < -0.3 is 10.2 Å². The summed E-state index contributed by atoms with van der Waals surface area (Å²) in [6.45, 7) is 0. The molecule has 0 aliphatic rings. The van der Waals surface area contributed by atoms with Crippen molar-refractivity contribution in [1.29, 1.82) is 0 Å². The van der Waals surface area contributed by atoms with Gasteiger partial charge in [-0.1, -0.05) is 0 Å². The van der Waals surface area contributed by atoms with E-state index in [1.807, 2.05) is 0 Å². The molecule has 0 saturated carbocycles. The van der Waals surface area contributed by atoms with Crippen LogP contribution in [-0.4, -0.2) is 22.2 Å². The molecule has 5 heteroatoms. The van der Waals surface area contributed by atoms with E-state index in [0.29, 0.717) is 0 Å². The van der Waals surface area contributed by atoms with Crippen molar-refractivity contribution in [3.05, 3.63) is 0 Å². The number of rotatable bonds is 0. The molecule has 2 N–H and O–H groups in total. The fourth-order valence-corrected chi connectivity index (χ4v) is 0. The van der Waals surface area contributed by atoms with Crippen LogP contribution in [0.5, 0.6) is 0 Å². The van der Waals surface area contributed by atoms with Crippen molar-refractivity contribution >= 4 is 11.9 Å². The minimum Gasteiger partial charge on any atom is -0.473 e. The third-order valence-corrected chi connectivity index (χ3v) is 0.183. The second kappa shape index (κ2) is 3.62. The van der Waals surface area contributed by atoms with Gasteiger partial charge in [0.05, 0.1) is 0 Å². The number of carboxylic acid groups (broad SMARTS) is 2. The summed E-state index contributed by atoms with van der Waals surface area (Å²) in [4.78, 5) is 18.2. The van der Waals surface area contributed by atoms with Crippen LogP contribution in [0.4, 0.5) is 0 Å². The molecular formula is C2H2NiO4. The van der Waals surface area contributed by atoms with Gasteiger partial charge in [0.1, 0.15) is 0 Å². The van der Waals surface area contributed by atoms with E-state index in [4.69, 9.17) is 19.8 Å². The number of carbonyl (C=O) groups is 2. The van der Waals surface area contributed by atoms with Gasteiger partial charge in [0.2, 0.25) is 0 Å². The van der Waals surface area contributed by atoms with Gasteiger partial charge in [-0.25, -0.2) is 9.59 Å². The van der Waals surface area contributed by atoms with Gasteiger partial charge in [0.25, 0.3) is 0 Å². The van der Waals surface area contributed by atoms with E-state index in [1.165, 1.54) is 0 Å². The molecule has 0 bridgehead atoms. The molecule has 44 valence electrons. The zero-order chi connectivity index (χ0) is 5.15. The number of hydrogen-bond donors (Lipinski definition) is 2. The van der Waals surface area contributed by atoms with E-state index in [1.54, 1.807) is 0 Å². The molecule has 0 aliphatic heterocycles. The molecule has 4 nitrogen and oxygen atoms in total. The van der Waals surface area contributed by atoms with Crippen molar-refractivity contribution in [1.82, 2.24) is 0 Å². The maximum absolute atomic E-state index is 9.10. The Labute approximate surface area is 49.1 Å². The van der Waals surface area contributed by atoms with E-state index < -0.39 is 11.9 Å². The molecule has 0 aliphatic carbocycles. The molecule has 0 radical (unpaired) electrons. The van der Waals surface area contributed by atoms with Crippen molar-refractivity contribution < 1.29 is 36.3 Å². The first-order valence-electron chi connectivity index (χ1n) is 1.11. The van der Waals surface area contributed by atoms with Crippen LogP contribution in [0.2, 0.25) is 0 Å². The van der Waals surface area contributed by atoms with Gasteiger partial charge in [-0.05, 0) is 0 Å². The molecule has 0 amide bonds. The number of hydrogen-bond acceptors (Lipinski definition) is 2. The Hall–Kier alpha value is -0.566. The van der Waals surface area contributed by atoms with Crippen molar-refractivity contribution in [2.45, 2.75) is 0 Å². The zero-order valence-electron chi connectivity index (χ0n) is 3.03. The minimum absolute atomic E-state index is 0. The third kappa shape index (κ3) is 5.43. The molecule has 0 saturated heterocycles. The van der Waals surface area contributed by atoms with E-state index in [0.717, 1.165) is 0 Å². The van der Waals surface area contributed by atoms with Crippen LogP contribution in [-0.2, 0) is 26.1 Å². The first-order valence-corrected chi connectivity index (χ1v) is 1.11. The van der Waals surface area contributed by atoms with Gasteiger partial charge in [0, 0.05) is 16.5 Å². The molecule has 0 aromatic carbocycles. The average Bonchev–Trinajstić information content (AvgIpc) is 1.36. The molecule has 0 spiro atoms. The second-order valence-corrected chi connectivity index (χ2v) is 0.610. The Kier molecular flexibility index (Phi) is 4.99. The summed E-state index contributed by atoms with van der Waals surface area (Å²) >= 11 is 0.